The van der Waals surface area contributed by atoms with Gasteiger partial charge < -0.3 is 10.2 Å². The fourth-order valence-corrected chi connectivity index (χ4v) is 2.36. The summed E-state index contributed by atoms with van der Waals surface area (Å²) in [5.74, 6) is -2.95. The predicted molar refractivity (Wildman–Crippen MR) is 48.3 cm³/mol. The van der Waals surface area contributed by atoms with Crippen molar-refractivity contribution in [3.63, 3.8) is 0 Å². The molecule has 6 heteroatoms. The summed E-state index contributed by atoms with van der Waals surface area (Å²) in [4.78, 5) is 45.4. The molecule has 6 nitrogen and oxygen atoms in total. The van der Waals surface area contributed by atoms with Crippen LogP contribution in [-0.4, -0.2) is 45.6 Å². The van der Waals surface area contributed by atoms with E-state index in [1.165, 1.54) is 0 Å². The van der Waals surface area contributed by atoms with Gasteiger partial charge in [-0.1, -0.05) is 0 Å². The van der Waals surface area contributed by atoms with Crippen LogP contribution in [0.15, 0.2) is 0 Å². The van der Waals surface area contributed by atoms with E-state index in [4.69, 9.17) is 5.11 Å². The van der Waals surface area contributed by atoms with Crippen LogP contribution in [0.1, 0.15) is 19.3 Å². The van der Waals surface area contributed by atoms with Crippen molar-refractivity contribution in [3.05, 3.63) is 0 Å². The summed E-state index contributed by atoms with van der Waals surface area (Å²) >= 11 is 0. The summed E-state index contributed by atoms with van der Waals surface area (Å²) in [6.07, 6.45) is -4.40. The van der Waals surface area contributed by atoms with Gasteiger partial charge in [0.15, 0.2) is 35.3 Å². The molecule has 1 unspecified atom stereocenters. The first kappa shape index (κ1) is 11.1. The zero-order valence-corrected chi connectivity index (χ0v) is 8.30. The summed E-state index contributed by atoms with van der Waals surface area (Å²) in [7, 11) is 0. The van der Waals surface area contributed by atoms with Crippen LogP contribution in [0.4, 0.5) is 0 Å². The first-order valence-electron chi connectivity index (χ1n) is 4.86. The van der Waals surface area contributed by atoms with Gasteiger partial charge in [0.25, 0.3) is 0 Å². The fraction of sp³-hybridized carbons (Fsp3) is 0.600. The largest absolute Gasteiger partial charge is 0.378 e. The minimum Gasteiger partial charge on any atom is -0.378 e. The first-order valence-corrected chi connectivity index (χ1v) is 4.86. The van der Waals surface area contributed by atoms with Gasteiger partial charge in [0.05, 0.1) is 5.41 Å². The number of aliphatic hydroxyl groups is 2. The Morgan fingerprint density at radius 3 is 1.56 bits per heavy atom. The lowest BCUT2D eigenvalue weighted by Gasteiger charge is -2.30. The molecule has 2 aliphatic carbocycles. The molecule has 2 saturated carbocycles. The summed E-state index contributed by atoms with van der Waals surface area (Å²) in [6, 6.07) is 0. The standard InChI is InChI=1S/C10H10O6/c11-4-1-10(2-5(12)7(4)14)3-6(13)8(15)9(10)16/h7-8,14-15H,1-3H2. The fourth-order valence-electron chi connectivity index (χ4n) is 2.36. The van der Waals surface area contributed by atoms with Gasteiger partial charge in [0.1, 0.15) is 0 Å². The monoisotopic (exact) mass is 226 g/mol. The molecule has 2 N–H and O–H groups in total. The van der Waals surface area contributed by atoms with E-state index < -0.39 is 40.8 Å². The van der Waals surface area contributed by atoms with E-state index >= 15 is 0 Å². The van der Waals surface area contributed by atoms with Crippen LogP contribution in [-0.2, 0) is 19.2 Å². The molecule has 0 bridgehead atoms. The van der Waals surface area contributed by atoms with E-state index in [1.54, 1.807) is 0 Å². The van der Waals surface area contributed by atoms with Crippen molar-refractivity contribution >= 4 is 23.1 Å². The van der Waals surface area contributed by atoms with Gasteiger partial charge in [-0.25, -0.2) is 0 Å². The lowest BCUT2D eigenvalue weighted by Crippen LogP contribution is -2.47. The SMILES string of the molecule is O=C1CC2(CC(=O)C1O)CC(=O)C(O)C2=O. The molecule has 1 atom stereocenters. The molecule has 16 heavy (non-hydrogen) atoms. The molecule has 2 rings (SSSR count). The van der Waals surface area contributed by atoms with Crippen LogP contribution in [0.3, 0.4) is 0 Å². The van der Waals surface area contributed by atoms with Crippen molar-refractivity contribution in [2.24, 2.45) is 5.41 Å². The van der Waals surface area contributed by atoms with Crippen LogP contribution < -0.4 is 0 Å². The van der Waals surface area contributed by atoms with E-state index in [-0.39, 0.29) is 19.3 Å². The summed E-state index contributed by atoms with van der Waals surface area (Å²) in [6.45, 7) is 0. The summed E-state index contributed by atoms with van der Waals surface area (Å²) in [5.41, 5.74) is -1.40. The zero-order chi connectivity index (χ0) is 12.1. The van der Waals surface area contributed by atoms with E-state index in [9.17, 15) is 24.3 Å². The van der Waals surface area contributed by atoms with Crippen molar-refractivity contribution in [2.75, 3.05) is 0 Å². The highest BCUT2D eigenvalue weighted by atomic mass is 16.3. The average molecular weight is 226 g/mol. The van der Waals surface area contributed by atoms with Gasteiger partial charge in [-0.2, -0.15) is 0 Å². The minimum absolute atomic E-state index is 0.294. The summed E-state index contributed by atoms with van der Waals surface area (Å²) < 4.78 is 0. The maximum Gasteiger partial charge on any atom is 0.176 e. The van der Waals surface area contributed by atoms with Crippen LogP contribution in [0.25, 0.3) is 0 Å². The Labute approximate surface area is 90.2 Å². The molecular weight excluding hydrogens is 216 g/mol. The third kappa shape index (κ3) is 1.34. The van der Waals surface area contributed by atoms with Gasteiger partial charge in [0.2, 0.25) is 0 Å². The molecule has 0 aliphatic heterocycles. The number of Topliss-reactive ketones (excluding diaryl/α,β-unsaturated/α-hetero) is 4. The van der Waals surface area contributed by atoms with E-state index in [2.05, 4.69) is 0 Å². The highest BCUT2D eigenvalue weighted by Crippen LogP contribution is 2.43. The Hall–Kier alpha value is -1.40. The average Bonchev–Trinajstić information content (AvgIpc) is 2.40. The van der Waals surface area contributed by atoms with Crippen molar-refractivity contribution in [2.45, 2.75) is 31.5 Å². The minimum atomic E-state index is -1.73. The van der Waals surface area contributed by atoms with Crippen LogP contribution >= 0.6 is 0 Å². The Balaban J connectivity index is 2.35. The number of ketones is 4. The first-order chi connectivity index (χ1) is 7.37. The van der Waals surface area contributed by atoms with Gasteiger partial charge >= 0.3 is 0 Å². The molecule has 0 aromatic heterocycles. The number of hydrogen-bond acceptors (Lipinski definition) is 6. The van der Waals surface area contributed by atoms with Crippen molar-refractivity contribution in [1.82, 2.24) is 0 Å². The number of aliphatic hydroxyl groups excluding tert-OH is 2. The molecule has 0 aromatic rings. The Morgan fingerprint density at radius 1 is 0.812 bits per heavy atom. The van der Waals surface area contributed by atoms with E-state index in [1.807, 2.05) is 0 Å². The number of hydrogen-bond donors (Lipinski definition) is 2. The van der Waals surface area contributed by atoms with Crippen molar-refractivity contribution < 1.29 is 29.4 Å². The molecule has 2 fully saturated rings. The Morgan fingerprint density at radius 2 is 1.19 bits per heavy atom. The van der Waals surface area contributed by atoms with E-state index in [0.717, 1.165) is 0 Å². The van der Waals surface area contributed by atoms with Gasteiger partial charge in [-0.05, 0) is 0 Å². The molecule has 0 heterocycles. The third-order valence-corrected chi connectivity index (χ3v) is 3.22. The predicted octanol–water partition coefficient (Wildman–Crippen LogP) is -1.83. The van der Waals surface area contributed by atoms with Crippen LogP contribution in [0.5, 0.6) is 0 Å². The van der Waals surface area contributed by atoms with Crippen molar-refractivity contribution in [1.29, 1.82) is 0 Å². The van der Waals surface area contributed by atoms with Gasteiger partial charge in [0, 0.05) is 19.3 Å². The third-order valence-electron chi connectivity index (χ3n) is 3.22. The highest BCUT2D eigenvalue weighted by molar-refractivity contribution is 6.20. The molecule has 0 saturated heterocycles. The number of carbonyl (C=O) groups excluding carboxylic acids is 4. The van der Waals surface area contributed by atoms with Crippen LogP contribution in [0.2, 0.25) is 0 Å². The molecule has 2 aliphatic rings. The molecular formula is C10H10O6. The molecule has 1 spiro atoms. The maximum atomic E-state index is 11.6. The second-order valence-corrected chi connectivity index (χ2v) is 4.38. The second-order valence-electron chi connectivity index (χ2n) is 4.38. The zero-order valence-electron chi connectivity index (χ0n) is 8.30. The molecule has 0 radical (unpaired) electrons. The van der Waals surface area contributed by atoms with Crippen molar-refractivity contribution in [3.8, 4) is 0 Å². The van der Waals surface area contributed by atoms with Gasteiger partial charge in [-0.3, -0.25) is 19.2 Å². The van der Waals surface area contributed by atoms with Crippen LogP contribution in [0, 0.1) is 5.41 Å². The number of carbonyl (C=O) groups is 4. The maximum absolute atomic E-state index is 11.6. The lowest BCUT2D eigenvalue weighted by atomic mass is 9.70. The van der Waals surface area contributed by atoms with E-state index in [0.29, 0.717) is 0 Å². The summed E-state index contributed by atoms with van der Waals surface area (Å²) in [5, 5.41) is 18.4. The molecule has 0 aromatic carbocycles. The number of rotatable bonds is 0. The highest BCUT2D eigenvalue weighted by Gasteiger charge is 2.57. The lowest BCUT2D eigenvalue weighted by molar-refractivity contribution is -0.152. The Kier molecular flexibility index (Phi) is 2.28. The Bertz CT molecular complexity index is 392. The molecule has 86 valence electrons. The quantitative estimate of drug-likeness (QED) is 0.470. The topological polar surface area (TPSA) is 109 Å². The smallest absolute Gasteiger partial charge is 0.176 e. The normalized spacial score (nSPS) is 39.9. The molecule has 0 amide bonds. The van der Waals surface area contributed by atoms with Gasteiger partial charge in [-0.15, -0.1) is 0 Å². The second kappa shape index (κ2) is 3.29.